The van der Waals surface area contributed by atoms with Gasteiger partial charge in [-0.2, -0.15) is 0 Å². The van der Waals surface area contributed by atoms with Gasteiger partial charge in [0.05, 0.1) is 24.2 Å². The molecule has 0 saturated heterocycles. The number of nitrogens with one attached hydrogen (secondary N) is 1. The minimum absolute atomic E-state index is 0.0572. The fraction of sp³-hybridized carbons (Fsp3) is 0.333. The molecule has 4 nitrogen and oxygen atoms in total. The van der Waals surface area contributed by atoms with E-state index >= 15 is 0 Å². The summed E-state index contributed by atoms with van der Waals surface area (Å²) in [6.45, 7) is 6.25. The predicted molar refractivity (Wildman–Crippen MR) is 80.5 cm³/mol. The van der Waals surface area contributed by atoms with Gasteiger partial charge in [-0.15, -0.1) is 11.3 Å². The van der Waals surface area contributed by atoms with Crippen LogP contribution < -0.4 is 10.1 Å². The third kappa shape index (κ3) is 2.82. The fourth-order valence-corrected chi connectivity index (χ4v) is 2.94. The van der Waals surface area contributed by atoms with E-state index in [1.54, 1.807) is 13.3 Å². The maximum Gasteiger partial charge on any atom is 0.261 e. The first-order chi connectivity index (χ1) is 9.54. The fourth-order valence-electron chi connectivity index (χ4n) is 2.10. The van der Waals surface area contributed by atoms with Crippen molar-refractivity contribution in [1.82, 2.24) is 10.3 Å². The Morgan fingerprint density at radius 1 is 1.35 bits per heavy atom. The molecule has 5 heteroatoms. The molecule has 0 fully saturated rings. The second-order valence-electron chi connectivity index (χ2n) is 4.66. The molecule has 0 bridgehead atoms. The van der Waals surface area contributed by atoms with Crippen LogP contribution in [-0.4, -0.2) is 18.0 Å². The number of rotatable bonds is 4. The Bertz CT molecular complexity index is 635. The number of methoxy groups -OCH3 is 1. The van der Waals surface area contributed by atoms with Crippen molar-refractivity contribution in [3.05, 3.63) is 44.9 Å². The molecule has 1 N–H and O–H groups in total. The summed E-state index contributed by atoms with van der Waals surface area (Å²) in [5, 5.41) is 4.83. The van der Waals surface area contributed by atoms with Gasteiger partial charge < -0.3 is 10.1 Å². The molecule has 2 aromatic rings. The van der Waals surface area contributed by atoms with Crippen molar-refractivity contribution in [2.45, 2.75) is 27.3 Å². The Labute approximate surface area is 122 Å². The highest BCUT2D eigenvalue weighted by molar-refractivity contribution is 7.12. The lowest BCUT2D eigenvalue weighted by Gasteiger charge is -2.12. The van der Waals surface area contributed by atoms with Gasteiger partial charge in [0.15, 0.2) is 0 Å². The summed E-state index contributed by atoms with van der Waals surface area (Å²) in [6, 6.07) is 1.94. The van der Waals surface area contributed by atoms with Gasteiger partial charge in [0.25, 0.3) is 5.91 Å². The normalized spacial score (nSPS) is 10.4. The molecule has 106 valence electrons. The first-order valence-electron chi connectivity index (χ1n) is 6.36. The predicted octanol–water partition coefficient (Wildman–Crippen LogP) is 3.01. The summed E-state index contributed by atoms with van der Waals surface area (Å²) in [6.07, 6.45) is 1.77. The molecular weight excluding hydrogens is 272 g/mol. The van der Waals surface area contributed by atoms with Crippen molar-refractivity contribution < 1.29 is 9.53 Å². The van der Waals surface area contributed by atoms with E-state index in [-0.39, 0.29) is 5.91 Å². The van der Waals surface area contributed by atoms with Crippen molar-refractivity contribution in [1.29, 1.82) is 0 Å². The van der Waals surface area contributed by atoms with E-state index in [1.807, 2.05) is 32.2 Å². The van der Waals surface area contributed by atoms with Crippen LogP contribution in [0.3, 0.4) is 0 Å². The Morgan fingerprint density at radius 3 is 2.70 bits per heavy atom. The molecule has 2 aromatic heterocycles. The number of hydrogen-bond donors (Lipinski definition) is 1. The summed E-state index contributed by atoms with van der Waals surface area (Å²) in [7, 11) is 1.65. The molecule has 0 unspecified atom stereocenters. The molecular formula is C15H18N2O2S. The molecule has 0 aliphatic rings. The van der Waals surface area contributed by atoms with Crippen LogP contribution in [0.5, 0.6) is 5.75 Å². The Morgan fingerprint density at radius 2 is 2.10 bits per heavy atom. The molecule has 1 amide bonds. The molecule has 0 aliphatic carbocycles. The molecule has 0 saturated carbocycles. The minimum Gasteiger partial charge on any atom is -0.496 e. The monoisotopic (exact) mass is 290 g/mol. The lowest BCUT2D eigenvalue weighted by Crippen LogP contribution is -2.23. The van der Waals surface area contributed by atoms with Gasteiger partial charge in [-0.1, -0.05) is 0 Å². The standard InChI is InChI=1S/C15H18N2O2S/c1-9-5-6-20-14(9)15(18)17-8-12-11(3)13(19-4)10(2)7-16-12/h5-7H,8H2,1-4H3,(H,17,18). The van der Waals surface area contributed by atoms with Crippen molar-refractivity contribution in [3.63, 3.8) is 0 Å². The molecule has 0 spiro atoms. The van der Waals surface area contributed by atoms with Crippen molar-refractivity contribution in [2.75, 3.05) is 7.11 Å². The Kier molecular flexibility index (Phi) is 4.39. The first-order valence-corrected chi connectivity index (χ1v) is 7.24. The summed E-state index contributed by atoms with van der Waals surface area (Å²) in [4.78, 5) is 17.2. The smallest absolute Gasteiger partial charge is 0.261 e. The number of amides is 1. The van der Waals surface area contributed by atoms with Gasteiger partial charge in [-0.05, 0) is 37.8 Å². The lowest BCUT2D eigenvalue weighted by atomic mass is 10.1. The number of carbonyl (C=O) groups is 1. The van der Waals surface area contributed by atoms with Crippen LogP contribution in [-0.2, 0) is 6.54 Å². The van der Waals surface area contributed by atoms with Gasteiger partial charge in [0.1, 0.15) is 5.75 Å². The van der Waals surface area contributed by atoms with Crippen molar-refractivity contribution in [3.8, 4) is 5.75 Å². The van der Waals surface area contributed by atoms with Gasteiger partial charge in [0, 0.05) is 17.3 Å². The number of nitrogens with zero attached hydrogens (tertiary/aromatic N) is 1. The molecule has 20 heavy (non-hydrogen) atoms. The number of thiophene rings is 1. The largest absolute Gasteiger partial charge is 0.496 e. The number of hydrogen-bond acceptors (Lipinski definition) is 4. The number of aromatic nitrogens is 1. The molecule has 2 rings (SSSR count). The van der Waals surface area contributed by atoms with Crippen LogP contribution in [0.25, 0.3) is 0 Å². The van der Waals surface area contributed by atoms with E-state index in [2.05, 4.69) is 10.3 Å². The average Bonchev–Trinajstić information content (AvgIpc) is 2.84. The highest BCUT2D eigenvalue weighted by atomic mass is 32.1. The summed E-state index contributed by atoms with van der Waals surface area (Å²) in [5.41, 5.74) is 3.79. The Hall–Kier alpha value is -1.88. The SMILES string of the molecule is COc1c(C)cnc(CNC(=O)c2sccc2C)c1C. The van der Waals surface area contributed by atoms with E-state index in [0.29, 0.717) is 6.54 Å². The Balaban J connectivity index is 2.12. The third-order valence-corrected chi connectivity index (χ3v) is 4.25. The van der Waals surface area contributed by atoms with Crippen LogP contribution in [0.1, 0.15) is 32.1 Å². The van der Waals surface area contributed by atoms with E-state index in [4.69, 9.17) is 4.74 Å². The maximum atomic E-state index is 12.1. The lowest BCUT2D eigenvalue weighted by molar-refractivity contribution is 0.0954. The van der Waals surface area contributed by atoms with Crippen molar-refractivity contribution in [2.24, 2.45) is 0 Å². The summed E-state index contributed by atoms with van der Waals surface area (Å²) >= 11 is 1.45. The third-order valence-electron chi connectivity index (χ3n) is 3.23. The number of aryl methyl sites for hydroxylation is 2. The van der Waals surface area contributed by atoms with Crippen LogP contribution >= 0.6 is 11.3 Å². The zero-order valence-corrected chi connectivity index (χ0v) is 12.9. The van der Waals surface area contributed by atoms with E-state index in [0.717, 1.165) is 33.0 Å². The first kappa shape index (κ1) is 14.5. The zero-order chi connectivity index (χ0) is 14.7. The zero-order valence-electron chi connectivity index (χ0n) is 12.1. The highest BCUT2D eigenvalue weighted by Crippen LogP contribution is 2.24. The van der Waals surface area contributed by atoms with Gasteiger partial charge >= 0.3 is 0 Å². The second kappa shape index (κ2) is 6.05. The van der Waals surface area contributed by atoms with Crippen LogP contribution in [0.4, 0.5) is 0 Å². The van der Waals surface area contributed by atoms with Gasteiger partial charge in [0.2, 0.25) is 0 Å². The summed E-state index contributed by atoms with van der Waals surface area (Å²) < 4.78 is 5.36. The molecule has 0 aliphatic heterocycles. The van der Waals surface area contributed by atoms with Crippen molar-refractivity contribution >= 4 is 17.2 Å². The molecule has 2 heterocycles. The maximum absolute atomic E-state index is 12.1. The van der Waals surface area contributed by atoms with Crippen LogP contribution in [0.2, 0.25) is 0 Å². The molecule has 0 radical (unpaired) electrons. The number of carbonyl (C=O) groups excluding carboxylic acids is 1. The van der Waals surface area contributed by atoms with E-state index in [9.17, 15) is 4.79 Å². The minimum atomic E-state index is -0.0572. The molecule has 0 aromatic carbocycles. The molecule has 0 atom stereocenters. The van der Waals surface area contributed by atoms with Gasteiger partial charge in [-0.25, -0.2) is 0 Å². The van der Waals surface area contributed by atoms with Gasteiger partial charge in [-0.3, -0.25) is 9.78 Å². The number of ether oxygens (including phenoxy) is 1. The second-order valence-corrected chi connectivity index (χ2v) is 5.58. The average molecular weight is 290 g/mol. The van der Waals surface area contributed by atoms with Crippen LogP contribution in [0.15, 0.2) is 17.6 Å². The summed E-state index contributed by atoms with van der Waals surface area (Å²) in [5.74, 6) is 0.773. The number of pyridine rings is 1. The quantitative estimate of drug-likeness (QED) is 0.941. The topological polar surface area (TPSA) is 51.2 Å². The van der Waals surface area contributed by atoms with E-state index in [1.165, 1.54) is 11.3 Å². The highest BCUT2D eigenvalue weighted by Gasteiger charge is 2.13. The van der Waals surface area contributed by atoms with E-state index < -0.39 is 0 Å². The van der Waals surface area contributed by atoms with Crippen LogP contribution in [0, 0.1) is 20.8 Å².